The van der Waals surface area contributed by atoms with Crippen LogP contribution in [0.5, 0.6) is 0 Å². The quantitative estimate of drug-likeness (QED) is 0.492. The van der Waals surface area contributed by atoms with Crippen LogP contribution >= 0.6 is 22.9 Å². The Morgan fingerprint density at radius 2 is 1.79 bits per heavy atom. The van der Waals surface area contributed by atoms with Gasteiger partial charge in [-0.15, -0.1) is 0 Å². The van der Waals surface area contributed by atoms with Crippen LogP contribution in [0.1, 0.15) is 57.4 Å². The first-order valence-corrected chi connectivity index (χ1v) is 12.3. The van der Waals surface area contributed by atoms with Gasteiger partial charge in [-0.3, -0.25) is 9.36 Å². The Labute approximate surface area is 207 Å². The normalized spacial score (nSPS) is 16.3. The van der Waals surface area contributed by atoms with Crippen molar-refractivity contribution in [2.75, 3.05) is 6.61 Å². The first kappa shape index (κ1) is 24.2. The molecule has 0 aliphatic carbocycles. The summed E-state index contributed by atoms with van der Waals surface area (Å²) in [5, 5.41) is 0.577. The zero-order valence-corrected chi connectivity index (χ0v) is 21.5. The van der Waals surface area contributed by atoms with Gasteiger partial charge in [-0.05, 0) is 54.2 Å². The van der Waals surface area contributed by atoms with Crippen LogP contribution in [0.25, 0.3) is 6.08 Å². The molecular formula is C27H27ClN2O3S. The molecule has 0 saturated heterocycles. The summed E-state index contributed by atoms with van der Waals surface area (Å²) in [4.78, 5) is 31.7. The molecule has 4 rings (SSSR count). The molecule has 1 unspecified atom stereocenters. The Bertz CT molecular complexity index is 1440. The molecule has 1 atom stereocenters. The molecule has 0 amide bonds. The molecule has 1 aromatic heterocycles. The maximum atomic E-state index is 13.6. The molecule has 176 valence electrons. The van der Waals surface area contributed by atoms with Gasteiger partial charge in [0.2, 0.25) is 0 Å². The van der Waals surface area contributed by atoms with Gasteiger partial charge in [-0.25, -0.2) is 9.79 Å². The number of thiazole rings is 1. The van der Waals surface area contributed by atoms with E-state index in [0.29, 0.717) is 25.6 Å². The van der Waals surface area contributed by atoms with E-state index >= 15 is 0 Å². The highest BCUT2D eigenvalue weighted by molar-refractivity contribution is 7.07. The molecule has 34 heavy (non-hydrogen) atoms. The minimum Gasteiger partial charge on any atom is -0.463 e. The van der Waals surface area contributed by atoms with Crippen molar-refractivity contribution < 1.29 is 9.53 Å². The van der Waals surface area contributed by atoms with E-state index in [2.05, 4.69) is 37.9 Å². The van der Waals surface area contributed by atoms with E-state index in [4.69, 9.17) is 16.3 Å². The third-order valence-corrected chi connectivity index (χ3v) is 7.01. The Morgan fingerprint density at radius 1 is 1.15 bits per heavy atom. The van der Waals surface area contributed by atoms with Gasteiger partial charge >= 0.3 is 5.97 Å². The topological polar surface area (TPSA) is 60.7 Å². The van der Waals surface area contributed by atoms with Crippen LogP contribution in [-0.2, 0) is 14.9 Å². The highest BCUT2D eigenvalue weighted by Gasteiger charge is 2.33. The fourth-order valence-electron chi connectivity index (χ4n) is 3.98. The molecule has 1 aliphatic heterocycles. The predicted molar refractivity (Wildman–Crippen MR) is 137 cm³/mol. The lowest BCUT2D eigenvalue weighted by atomic mass is 9.87. The molecule has 1 aliphatic rings. The van der Waals surface area contributed by atoms with Crippen LogP contribution < -0.4 is 14.9 Å². The highest BCUT2D eigenvalue weighted by Crippen LogP contribution is 2.31. The number of esters is 1. The third-order valence-electron chi connectivity index (χ3n) is 5.78. The second-order valence-electron chi connectivity index (χ2n) is 9.23. The van der Waals surface area contributed by atoms with Crippen molar-refractivity contribution in [3.05, 3.63) is 101 Å². The number of halogens is 1. The minimum atomic E-state index is -0.641. The Morgan fingerprint density at radius 3 is 2.38 bits per heavy atom. The molecule has 3 aromatic rings. The number of ether oxygens (including phenoxy) is 1. The van der Waals surface area contributed by atoms with Crippen molar-refractivity contribution in [3.63, 3.8) is 0 Å². The van der Waals surface area contributed by atoms with Crippen molar-refractivity contribution in [2.24, 2.45) is 4.99 Å². The van der Waals surface area contributed by atoms with Crippen molar-refractivity contribution in [1.29, 1.82) is 0 Å². The van der Waals surface area contributed by atoms with Gasteiger partial charge < -0.3 is 4.74 Å². The van der Waals surface area contributed by atoms with E-state index in [-0.39, 0.29) is 17.6 Å². The van der Waals surface area contributed by atoms with E-state index in [1.807, 2.05) is 30.3 Å². The summed E-state index contributed by atoms with van der Waals surface area (Å²) in [6, 6.07) is 14.7. The lowest BCUT2D eigenvalue weighted by molar-refractivity contribution is -0.139. The van der Waals surface area contributed by atoms with Crippen LogP contribution in [0.15, 0.2) is 69.6 Å². The Kier molecular flexibility index (Phi) is 6.65. The number of hydrogen-bond acceptors (Lipinski definition) is 5. The van der Waals surface area contributed by atoms with Gasteiger partial charge in [0.05, 0.1) is 28.5 Å². The summed E-state index contributed by atoms with van der Waals surface area (Å²) in [6.45, 7) is 10.3. The van der Waals surface area contributed by atoms with Crippen LogP contribution in [-0.4, -0.2) is 17.1 Å². The smallest absolute Gasteiger partial charge is 0.338 e. The molecule has 5 nitrogen and oxygen atoms in total. The van der Waals surface area contributed by atoms with Crippen LogP contribution in [0.3, 0.4) is 0 Å². The highest BCUT2D eigenvalue weighted by atomic mass is 35.5. The summed E-state index contributed by atoms with van der Waals surface area (Å²) in [7, 11) is 0. The lowest BCUT2D eigenvalue weighted by Crippen LogP contribution is -2.39. The van der Waals surface area contributed by atoms with E-state index in [9.17, 15) is 9.59 Å². The van der Waals surface area contributed by atoms with E-state index in [1.165, 1.54) is 16.9 Å². The second-order valence-corrected chi connectivity index (χ2v) is 10.7. The number of aromatic nitrogens is 1. The van der Waals surface area contributed by atoms with Gasteiger partial charge in [0.1, 0.15) is 0 Å². The van der Waals surface area contributed by atoms with E-state index in [1.54, 1.807) is 30.5 Å². The van der Waals surface area contributed by atoms with Crippen LogP contribution in [0.4, 0.5) is 0 Å². The SMILES string of the molecule is CCOC(=O)C1=C(C)N=c2s/c(=C\c3ccc(C(C)(C)C)cc3)c(=O)n2C1c1ccc(Cl)cc1. The number of carbonyl (C=O) groups is 1. The number of allylic oxidation sites excluding steroid dienone is 1. The van der Waals surface area contributed by atoms with Crippen molar-refractivity contribution in [1.82, 2.24) is 4.57 Å². The minimum absolute atomic E-state index is 0.0531. The maximum absolute atomic E-state index is 13.6. The van der Waals surface area contributed by atoms with E-state index in [0.717, 1.165) is 11.1 Å². The molecule has 0 spiro atoms. The number of benzene rings is 2. The van der Waals surface area contributed by atoms with E-state index < -0.39 is 12.0 Å². The largest absolute Gasteiger partial charge is 0.463 e. The van der Waals surface area contributed by atoms with Gasteiger partial charge in [-0.1, -0.05) is 80.1 Å². The molecule has 0 fully saturated rings. The number of hydrogen-bond donors (Lipinski definition) is 0. The van der Waals surface area contributed by atoms with Crippen molar-refractivity contribution >= 4 is 35.0 Å². The molecule has 2 heterocycles. The van der Waals surface area contributed by atoms with Crippen LogP contribution in [0, 0.1) is 0 Å². The standard InChI is InChI=1S/C27H27ClN2O3S/c1-6-33-25(32)22-16(2)29-26-30(23(22)18-9-13-20(28)14-10-18)24(31)21(34-26)15-17-7-11-19(12-8-17)27(3,4)5/h7-15,23H,6H2,1-5H3/b21-15-. The summed E-state index contributed by atoms with van der Waals surface area (Å²) in [6.07, 6.45) is 1.87. The maximum Gasteiger partial charge on any atom is 0.338 e. The summed E-state index contributed by atoms with van der Waals surface area (Å²) in [5.41, 5.74) is 3.68. The lowest BCUT2D eigenvalue weighted by Gasteiger charge is -2.24. The van der Waals surface area contributed by atoms with Crippen molar-refractivity contribution in [2.45, 2.75) is 46.1 Å². The fraction of sp³-hybridized carbons (Fsp3) is 0.296. The molecule has 0 bridgehead atoms. The first-order chi connectivity index (χ1) is 16.1. The number of carbonyl (C=O) groups excluding carboxylic acids is 1. The van der Waals surface area contributed by atoms with Gasteiger partial charge in [-0.2, -0.15) is 0 Å². The van der Waals surface area contributed by atoms with Crippen LogP contribution in [0.2, 0.25) is 5.02 Å². The summed E-state index contributed by atoms with van der Waals surface area (Å²) in [5.74, 6) is -0.476. The zero-order valence-electron chi connectivity index (χ0n) is 19.9. The summed E-state index contributed by atoms with van der Waals surface area (Å²) >= 11 is 7.41. The number of nitrogens with zero attached hydrogens (tertiary/aromatic N) is 2. The Hall–Kier alpha value is -2.96. The monoisotopic (exact) mass is 494 g/mol. The van der Waals surface area contributed by atoms with Gasteiger partial charge in [0.25, 0.3) is 5.56 Å². The molecular weight excluding hydrogens is 468 g/mol. The molecule has 2 aromatic carbocycles. The average molecular weight is 495 g/mol. The summed E-state index contributed by atoms with van der Waals surface area (Å²) < 4.78 is 7.46. The molecule has 0 radical (unpaired) electrons. The molecule has 0 saturated carbocycles. The third kappa shape index (κ3) is 4.65. The Balaban J connectivity index is 1.88. The molecule has 7 heteroatoms. The number of fused-ring (bicyclic) bond motifs is 1. The molecule has 0 N–H and O–H groups in total. The fourth-order valence-corrected chi connectivity index (χ4v) is 5.16. The van der Waals surface area contributed by atoms with Crippen molar-refractivity contribution in [3.8, 4) is 0 Å². The second kappa shape index (κ2) is 9.35. The van der Waals surface area contributed by atoms with Gasteiger partial charge in [0, 0.05) is 5.02 Å². The van der Waals surface area contributed by atoms with Gasteiger partial charge in [0.15, 0.2) is 4.80 Å². The average Bonchev–Trinajstić information content (AvgIpc) is 3.08. The predicted octanol–water partition coefficient (Wildman–Crippen LogP) is 4.75. The number of rotatable bonds is 4. The first-order valence-electron chi connectivity index (χ1n) is 11.2. The zero-order chi connectivity index (χ0) is 24.6.